The van der Waals surface area contributed by atoms with Crippen molar-refractivity contribution in [3.05, 3.63) is 0 Å². The highest BCUT2D eigenvalue weighted by Crippen LogP contribution is 2.36. The fraction of sp³-hybridized carbons (Fsp3) is 0.833. The Morgan fingerprint density at radius 1 is 1.22 bits per heavy atom. The highest BCUT2D eigenvalue weighted by molar-refractivity contribution is 6.06. The first-order valence-corrected chi connectivity index (χ1v) is 6.30. The van der Waals surface area contributed by atoms with Crippen molar-refractivity contribution in [2.75, 3.05) is 47.4 Å². The van der Waals surface area contributed by atoms with Gasteiger partial charge in [0, 0.05) is 33.8 Å². The van der Waals surface area contributed by atoms with E-state index in [1.54, 1.807) is 19.1 Å². The third-order valence-corrected chi connectivity index (χ3v) is 4.07. The molecule has 2 heterocycles. The zero-order chi connectivity index (χ0) is 13.3. The van der Waals surface area contributed by atoms with Gasteiger partial charge in [-0.1, -0.05) is 0 Å². The van der Waals surface area contributed by atoms with E-state index in [0.717, 1.165) is 13.1 Å². The van der Waals surface area contributed by atoms with E-state index in [1.807, 2.05) is 7.05 Å². The van der Waals surface area contributed by atoms with E-state index in [4.69, 9.17) is 4.74 Å². The zero-order valence-electron chi connectivity index (χ0n) is 11.3. The first kappa shape index (κ1) is 13.3. The molecule has 2 fully saturated rings. The van der Waals surface area contributed by atoms with E-state index in [9.17, 15) is 9.59 Å². The van der Waals surface area contributed by atoms with Gasteiger partial charge in [0.05, 0.1) is 6.61 Å². The predicted molar refractivity (Wildman–Crippen MR) is 66.2 cm³/mol. The van der Waals surface area contributed by atoms with Crippen LogP contribution in [-0.4, -0.2) is 79.6 Å². The molecular weight excluding hydrogens is 234 g/mol. The summed E-state index contributed by atoms with van der Waals surface area (Å²) in [5, 5.41) is 0. The summed E-state index contributed by atoms with van der Waals surface area (Å²) in [4.78, 5) is 29.7. The van der Waals surface area contributed by atoms with Crippen LogP contribution in [0.2, 0.25) is 0 Å². The summed E-state index contributed by atoms with van der Waals surface area (Å²) in [6.45, 7) is 2.63. The van der Waals surface area contributed by atoms with E-state index >= 15 is 0 Å². The maximum Gasteiger partial charge on any atom is 0.327 e. The Morgan fingerprint density at radius 3 is 2.39 bits per heavy atom. The Bertz CT molecular complexity index is 350. The first-order valence-electron chi connectivity index (χ1n) is 6.30. The lowest BCUT2D eigenvalue weighted by Crippen LogP contribution is -2.56. The molecule has 6 nitrogen and oxygen atoms in total. The van der Waals surface area contributed by atoms with Gasteiger partial charge in [-0.05, 0) is 19.9 Å². The standard InChI is InChI=1S/C12H21N3O3/c1-13-6-4-12(5-7-13)10(16)14(2)11(17)15(12)8-9-18-3/h4-9H2,1-3H3. The minimum Gasteiger partial charge on any atom is -0.383 e. The highest BCUT2D eigenvalue weighted by atomic mass is 16.5. The summed E-state index contributed by atoms with van der Waals surface area (Å²) >= 11 is 0. The number of urea groups is 1. The number of likely N-dealkylation sites (tertiary alicyclic amines) is 1. The summed E-state index contributed by atoms with van der Waals surface area (Å²) in [5.74, 6) is -0.0586. The number of carbonyl (C=O) groups is 2. The van der Waals surface area contributed by atoms with E-state index in [1.165, 1.54) is 4.90 Å². The second-order valence-electron chi connectivity index (χ2n) is 5.13. The van der Waals surface area contributed by atoms with Crippen LogP contribution in [0.3, 0.4) is 0 Å². The SMILES string of the molecule is COCCN1C(=O)N(C)C(=O)C12CCN(C)CC2. The molecule has 0 bridgehead atoms. The van der Waals surface area contributed by atoms with Crippen LogP contribution in [0.4, 0.5) is 4.79 Å². The molecule has 0 unspecified atom stereocenters. The fourth-order valence-electron chi connectivity index (χ4n) is 2.84. The Morgan fingerprint density at radius 2 is 1.83 bits per heavy atom. The van der Waals surface area contributed by atoms with Gasteiger partial charge in [-0.25, -0.2) is 4.79 Å². The average molecular weight is 255 g/mol. The lowest BCUT2D eigenvalue weighted by atomic mass is 9.86. The van der Waals surface area contributed by atoms with Gasteiger partial charge in [0.15, 0.2) is 0 Å². The van der Waals surface area contributed by atoms with Crippen molar-refractivity contribution < 1.29 is 14.3 Å². The van der Waals surface area contributed by atoms with Crippen LogP contribution in [0.5, 0.6) is 0 Å². The predicted octanol–water partition coefficient (Wildman–Crippen LogP) is -0.00880. The molecule has 2 aliphatic rings. The number of rotatable bonds is 3. The van der Waals surface area contributed by atoms with Gasteiger partial charge in [0.2, 0.25) is 0 Å². The molecule has 2 rings (SSSR count). The van der Waals surface area contributed by atoms with Crippen molar-refractivity contribution in [2.45, 2.75) is 18.4 Å². The molecule has 18 heavy (non-hydrogen) atoms. The van der Waals surface area contributed by atoms with Gasteiger partial charge in [0.25, 0.3) is 5.91 Å². The number of methoxy groups -OCH3 is 1. The summed E-state index contributed by atoms with van der Waals surface area (Å²) < 4.78 is 5.04. The largest absolute Gasteiger partial charge is 0.383 e. The van der Waals surface area contributed by atoms with Crippen LogP contribution in [0, 0.1) is 0 Å². The van der Waals surface area contributed by atoms with Crippen LogP contribution in [-0.2, 0) is 9.53 Å². The maximum absolute atomic E-state index is 12.4. The number of imide groups is 1. The number of hydrogen-bond acceptors (Lipinski definition) is 4. The minimum atomic E-state index is -0.628. The van der Waals surface area contributed by atoms with Crippen molar-refractivity contribution in [3.63, 3.8) is 0 Å². The van der Waals surface area contributed by atoms with E-state index in [0.29, 0.717) is 26.0 Å². The molecule has 2 aliphatic heterocycles. The van der Waals surface area contributed by atoms with E-state index in [-0.39, 0.29) is 11.9 Å². The Balaban J connectivity index is 2.23. The molecule has 3 amide bonds. The average Bonchev–Trinajstić information content (AvgIpc) is 2.54. The normalized spacial score (nSPS) is 24.4. The third-order valence-electron chi connectivity index (χ3n) is 4.07. The molecule has 6 heteroatoms. The number of hydrogen-bond donors (Lipinski definition) is 0. The van der Waals surface area contributed by atoms with Crippen LogP contribution in [0.25, 0.3) is 0 Å². The van der Waals surface area contributed by atoms with Gasteiger partial charge in [-0.3, -0.25) is 9.69 Å². The van der Waals surface area contributed by atoms with Gasteiger partial charge < -0.3 is 14.5 Å². The molecule has 0 aromatic rings. The lowest BCUT2D eigenvalue weighted by Gasteiger charge is -2.41. The van der Waals surface area contributed by atoms with Crippen molar-refractivity contribution >= 4 is 11.9 Å². The van der Waals surface area contributed by atoms with Gasteiger partial charge in [-0.2, -0.15) is 0 Å². The molecule has 1 spiro atoms. The fourth-order valence-corrected chi connectivity index (χ4v) is 2.84. The maximum atomic E-state index is 12.4. The molecule has 0 aromatic carbocycles. The smallest absolute Gasteiger partial charge is 0.327 e. The number of nitrogens with zero attached hydrogens (tertiary/aromatic N) is 3. The van der Waals surface area contributed by atoms with Gasteiger partial charge in [0.1, 0.15) is 5.54 Å². The third kappa shape index (κ3) is 1.89. The number of ether oxygens (including phenoxy) is 1. The van der Waals surface area contributed by atoms with Crippen LogP contribution < -0.4 is 0 Å². The lowest BCUT2D eigenvalue weighted by molar-refractivity contribution is -0.134. The summed E-state index contributed by atoms with van der Waals surface area (Å²) in [7, 11) is 5.21. The summed E-state index contributed by atoms with van der Waals surface area (Å²) in [6, 6.07) is -0.193. The summed E-state index contributed by atoms with van der Waals surface area (Å²) in [6.07, 6.45) is 1.42. The van der Waals surface area contributed by atoms with Gasteiger partial charge in [-0.15, -0.1) is 0 Å². The van der Waals surface area contributed by atoms with Crippen molar-refractivity contribution in [1.82, 2.24) is 14.7 Å². The summed E-state index contributed by atoms with van der Waals surface area (Å²) in [5.41, 5.74) is -0.628. The molecule has 2 saturated heterocycles. The van der Waals surface area contributed by atoms with E-state index in [2.05, 4.69) is 4.90 Å². The first-order chi connectivity index (χ1) is 8.53. The molecule has 0 radical (unpaired) electrons. The molecule has 0 aromatic heterocycles. The van der Waals surface area contributed by atoms with Crippen LogP contribution in [0.1, 0.15) is 12.8 Å². The Kier molecular flexibility index (Phi) is 3.59. The zero-order valence-corrected chi connectivity index (χ0v) is 11.3. The molecule has 0 saturated carbocycles. The van der Waals surface area contributed by atoms with Crippen LogP contribution >= 0.6 is 0 Å². The van der Waals surface area contributed by atoms with E-state index < -0.39 is 5.54 Å². The second kappa shape index (κ2) is 4.85. The quantitative estimate of drug-likeness (QED) is 0.666. The topological polar surface area (TPSA) is 53.1 Å². The molecule has 0 N–H and O–H groups in total. The second-order valence-corrected chi connectivity index (χ2v) is 5.13. The number of likely N-dealkylation sites (N-methyl/N-ethyl adjacent to an activating group) is 1. The molecule has 0 aliphatic carbocycles. The minimum absolute atomic E-state index is 0.0586. The number of amides is 3. The molecule has 0 atom stereocenters. The number of carbonyl (C=O) groups excluding carboxylic acids is 2. The monoisotopic (exact) mass is 255 g/mol. The number of piperidine rings is 1. The molecular formula is C12H21N3O3. The van der Waals surface area contributed by atoms with Crippen molar-refractivity contribution in [2.24, 2.45) is 0 Å². The Hall–Kier alpha value is -1.14. The molecule has 102 valence electrons. The highest BCUT2D eigenvalue weighted by Gasteiger charge is 2.56. The van der Waals surface area contributed by atoms with Crippen LogP contribution in [0.15, 0.2) is 0 Å². The van der Waals surface area contributed by atoms with Crippen molar-refractivity contribution in [3.8, 4) is 0 Å². The Labute approximate surface area is 107 Å². The van der Waals surface area contributed by atoms with Crippen molar-refractivity contribution in [1.29, 1.82) is 0 Å². The van der Waals surface area contributed by atoms with Gasteiger partial charge >= 0.3 is 6.03 Å².